The minimum absolute atomic E-state index is 0.570. The highest BCUT2D eigenvalue weighted by Crippen LogP contribution is 2.17. The van der Waals surface area contributed by atoms with Gasteiger partial charge in [0.25, 0.3) is 0 Å². The molecule has 0 radical (unpaired) electrons. The highest BCUT2D eigenvalue weighted by molar-refractivity contribution is 5.76. The Kier molecular flexibility index (Phi) is 3.81. The van der Waals surface area contributed by atoms with E-state index in [1.807, 2.05) is 24.3 Å². The number of hydrogen-bond acceptors (Lipinski definition) is 4. The maximum atomic E-state index is 5.25. The van der Waals surface area contributed by atoms with Crippen LogP contribution in [0.25, 0.3) is 0 Å². The number of ether oxygens (including phenoxy) is 1. The zero-order valence-electron chi connectivity index (χ0n) is 9.58. The zero-order chi connectivity index (χ0) is 11.9. The molecule has 4 nitrogen and oxygen atoms in total. The number of benzene rings is 1. The molecule has 1 aromatic heterocycles. The quantitative estimate of drug-likeness (QED) is 0.751. The third-order valence-electron chi connectivity index (χ3n) is 2.26. The topological polar surface area (TPSA) is 47.4 Å². The van der Waals surface area contributed by atoms with Crippen LogP contribution >= 0.6 is 0 Å². The molecule has 17 heavy (non-hydrogen) atoms. The van der Waals surface area contributed by atoms with Gasteiger partial charge >= 0.3 is 0 Å². The molecule has 4 heteroatoms. The fraction of sp³-hybridized carbons (Fsp3) is 0.154. The van der Waals surface area contributed by atoms with Crippen LogP contribution in [0, 0.1) is 0 Å². The van der Waals surface area contributed by atoms with Gasteiger partial charge in [0.05, 0.1) is 25.5 Å². The van der Waals surface area contributed by atoms with Crippen molar-refractivity contribution < 1.29 is 4.74 Å². The maximum Gasteiger partial charge on any atom is 0.123 e. The van der Waals surface area contributed by atoms with Gasteiger partial charge in [-0.2, -0.15) is 0 Å². The van der Waals surface area contributed by atoms with Crippen molar-refractivity contribution in [2.45, 2.75) is 6.54 Å². The molecule has 86 valence electrons. The molecule has 0 saturated carbocycles. The number of hydrogen-bond donors (Lipinski definition) is 0. The summed E-state index contributed by atoms with van der Waals surface area (Å²) < 4.78 is 5.25. The Labute approximate surface area is 100 Å². The van der Waals surface area contributed by atoms with Crippen LogP contribution in [0.15, 0.2) is 47.8 Å². The molecule has 1 heterocycles. The maximum absolute atomic E-state index is 5.25. The van der Waals surface area contributed by atoms with Gasteiger partial charge in [-0.1, -0.05) is 18.2 Å². The molecule has 0 amide bonds. The van der Waals surface area contributed by atoms with Gasteiger partial charge in [0, 0.05) is 24.2 Å². The summed E-state index contributed by atoms with van der Waals surface area (Å²) in [5, 5.41) is 0. The SMILES string of the molecule is COc1ccccc1C/N=C\c1cnccn1. The molecule has 2 rings (SSSR count). The molecule has 0 fully saturated rings. The van der Waals surface area contributed by atoms with Gasteiger partial charge in [0.15, 0.2) is 0 Å². The molecule has 0 N–H and O–H groups in total. The van der Waals surface area contributed by atoms with Gasteiger partial charge in [-0.15, -0.1) is 0 Å². The van der Waals surface area contributed by atoms with Crippen LogP contribution < -0.4 is 4.74 Å². The van der Waals surface area contributed by atoms with Gasteiger partial charge in [-0.3, -0.25) is 15.0 Å². The van der Waals surface area contributed by atoms with Crippen LogP contribution in [-0.2, 0) is 6.54 Å². The fourth-order valence-electron chi connectivity index (χ4n) is 1.45. The second-order valence-corrected chi connectivity index (χ2v) is 3.41. The van der Waals surface area contributed by atoms with Gasteiger partial charge in [0.1, 0.15) is 5.75 Å². The number of para-hydroxylation sites is 1. The first-order valence-electron chi connectivity index (χ1n) is 5.28. The summed E-state index contributed by atoms with van der Waals surface area (Å²) in [5.41, 5.74) is 1.80. The lowest BCUT2D eigenvalue weighted by Gasteiger charge is -2.04. The fourth-order valence-corrected chi connectivity index (χ4v) is 1.45. The molecular weight excluding hydrogens is 214 g/mol. The number of methoxy groups -OCH3 is 1. The Balaban J connectivity index is 2.05. The molecular formula is C13H13N3O. The smallest absolute Gasteiger partial charge is 0.123 e. The van der Waals surface area contributed by atoms with E-state index in [1.165, 1.54) is 0 Å². The monoisotopic (exact) mass is 227 g/mol. The highest BCUT2D eigenvalue weighted by atomic mass is 16.5. The summed E-state index contributed by atoms with van der Waals surface area (Å²) in [4.78, 5) is 12.4. The second kappa shape index (κ2) is 5.75. The number of nitrogens with zero attached hydrogens (tertiary/aromatic N) is 3. The molecule has 0 unspecified atom stereocenters. The predicted octanol–water partition coefficient (Wildman–Crippen LogP) is 2.10. The Morgan fingerprint density at radius 2 is 2.18 bits per heavy atom. The lowest BCUT2D eigenvalue weighted by Crippen LogP contribution is -1.92. The molecule has 0 atom stereocenters. The van der Waals surface area contributed by atoms with Crippen molar-refractivity contribution in [2.75, 3.05) is 7.11 Å². The molecule has 0 saturated heterocycles. The Hall–Kier alpha value is -2.23. The molecule has 0 aliphatic heterocycles. The summed E-state index contributed by atoms with van der Waals surface area (Å²) >= 11 is 0. The second-order valence-electron chi connectivity index (χ2n) is 3.41. The van der Waals surface area contributed by atoms with E-state index in [9.17, 15) is 0 Å². The summed E-state index contributed by atoms with van der Waals surface area (Å²) in [6.45, 7) is 0.570. The molecule has 0 aliphatic rings. The Morgan fingerprint density at radius 3 is 2.94 bits per heavy atom. The summed E-state index contributed by atoms with van der Waals surface area (Å²) in [6.07, 6.45) is 6.66. The van der Waals surface area contributed by atoms with Crippen LogP contribution in [0.4, 0.5) is 0 Å². The summed E-state index contributed by atoms with van der Waals surface area (Å²) in [5.74, 6) is 0.851. The number of rotatable bonds is 4. The van der Waals surface area contributed by atoms with E-state index in [0.29, 0.717) is 6.54 Å². The van der Waals surface area contributed by atoms with Crippen molar-refractivity contribution in [1.29, 1.82) is 0 Å². The van der Waals surface area contributed by atoms with Crippen LogP contribution in [0.2, 0.25) is 0 Å². The lowest BCUT2D eigenvalue weighted by molar-refractivity contribution is 0.410. The largest absolute Gasteiger partial charge is 0.496 e. The van der Waals surface area contributed by atoms with Crippen LogP contribution in [0.5, 0.6) is 5.75 Å². The normalized spacial score (nSPS) is 10.6. The van der Waals surface area contributed by atoms with E-state index < -0.39 is 0 Å². The first kappa shape index (κ1) is 11.3. The summed E-state index contributed by atoms with van der Waals surface area (Å²) in [7, 11) is 1.66. The minimum atomic E-state index is 0.570. The van der Waals surface area contributed by atoms with Crippen molar-refractivity contribution >= 4 is 6.21 Å². The average Bonchev–Trinajstić information content (AvgIpc) is 2.40. The third-order valence-corrected chi connectivity index (χ3v) is 2.26. The number of aliphatic imine (C=N–C) groups is 1. The van der Waals surface area contributed by atoms with Gasteiger partial charge in [-0.25, -0.2) is 0 Å². The van der Waals surface area contributed by atoms with Gasteiger partial charge in [-0.05, 0) is 6.07 Å². The first-order valence-corrected chi connectivity index (χ1v) is 5.28. The lowest BCUT2D eigenvalue weighted by atomic mass is 10.2. The molecule has 0 bridgehead atoms. The predicted molar refractivity (Wildman–Crippen MR) is 66.3 cm³/mol. The van der Waals surface area contributed by atoms with Crippen molar-refractivity contribution in [3.05, 3.63) is 54.1 Å². The average molecular weight is 227 g/mol. The van der Waals surface area contributed by atoms with E-state index in [-0.39, 0.29) is 0 Å². The highest BCUT2D eigenvalue weighted by Gasteiger charge is 1.98. The van der Waals surface area contributed by atoms with Gasteiger partial charge in [0.2, 0.25) is 0 Å². The Morgan fingerprint density at radius 1 is 1.29 bits per heavy atom. The van der Waals surface area contributed by atoms with Gasteiger partial charge < -0.3 is 4.74 Å². The Bertz CT molecular complexity index is 497. The van der Waals surface area contributed by atoms with E-state index in [2.05, 4.69) is 15.0 Å². The van der Waals surface area contributed by atoms with E-state index in [0.717, 1.165) is 17.0 Å². The van der Waals surface area contributed by atoms with E-state index in [1.54, 1.807) is 31.9 Å². The first-order chi connectivity index (χ1) is 8.40. The number of aromatic nitrogens is 2. The third kappa shape index (κ3) is 3.11. The molecule has 0 aliphatic carbocycles. The summed E-state index contributed by atoms with van der Waals surface area (Å²) in [6, 6.07) is 7.82. The minimum Gasteiger partial charge on any atom is -0.496 e. The van der Waals surface area contributed by atoms with E-state index >= 15 is 0 Å². The van der Waals surface area contributed by atoms with E-state index in [4.69, 9.17) is 4.74 Å². The van der Waals surface area contributed by atoms with Crippen LogP contribution in [-0.4, -0.2) is 23.3 Å². The standard InChI is InChI=1S/C13H13N3O/c1-17-13-5-3-2-4-11(13)8-15-10-12-9-14-6-7-16-12/h2-7,9-10H,8H2,1H3/b15-10-. The van der Waals surface area contributed by atoms with Crippen LogP contribution in [0.3, 0.4) is 0 Å². The molecule has 1 aromatic carbocycles. The van der Waals surface area contributed by atoms with Crippen molar-refractivity contribution in [3.8, 4) is 5.75 Å². The van der Waals surface area contributed by atoms with Crippen molar-refractivity contribution in [2.24, 2.45) is 4.99 Å². The molecule has 0 spiro atoms. The van der Waals surface area contributed by atoms with Crippen LogP contribution in [0.1, 0.15) is 11.3 Å². The zero-order valence-corrected chi connectivity index (χ0v) is 9.58. The van der Waals surface area contributed by atoms with Crippen molar-refractivity contribution in [1.82, 2.24) is 9.97 Å². The molecule has 2 aromatic rings. The van der Waals surface area contributed by atoms with Crippen molar-refractivity contribution in [3.63, 3.8) is 0 Å².